The van der Waals surface area contributed by atoms with Crippen molar-refractivity contribution in [3.05, 3.63) is 30.1 Å². The summed E-state index contributed by atoms with van der Waals surface area (Å²) in [7, 11) is 3.45. The Balaban J connectivity index is 2.77. The molecule has 0 aliphatic rings. The summed E-state index contributed by atoms with van der Waals surface area (Å²) in [5.74, 6) is -0.489. The minimum absolute atomic E-state index is 0.0278. The van der Waals surface area contributed by atoms with Crippen LogP contribution in [0.4, 0.5) is 10.1 Å². The smallest absolute Gasteiger partial charge is 0.230 e. The van der Waals surface area contributed by atoms with Gasteiger partial charge in [-0.2, -0.15) is 0 Å². The third-order valence-corrected chi connectivity index (χ3v) is 2.46. The summed E-state index contributed by atoms with van der Waals surface area (Å²) in [5.41, 5.74) is 0.577. The number of benzene rings is 1. The molecule has 0 heterocycles. The first-order chi connectivity index (χ1) is 7.56. The van der Waals surface area contributed by atoms with Crippen LogP contribution < -0.4 is 10.2 Å². The second-order valence-electron chi connectivity index (χ2n) is 3.84. The van der Waals surface area contributed by atoms with Crippen LogP contribution in [-0.4, -0.2) is 26.5 Å². The number of hydrogen-bond acceptors (Lipinski definition) is 2. The Morgan fingerprint density at radius 3 is 2.81 bits per heavy atom. The van der Waals surface area contributed by atoms with Crippen LogP contribution in [-0.2, 0) is 4.79 Å². The van der Waals surface area contributed by atoms with Crippen LogP contribution in [0, 0.1) is 11.7 Å². The van der Waals surface area contributed by atoms with Crippen molar-refractivity contribution in [3.63, 3.8) is 0 Å². The average Bonchev–Trinajstić information content (AvgIpc) is 2.27. The molecule has 0 aliphatic heterocycles. The molecule has 0 spiro atoms. The summed E-state index contributed by atoms with van der Waals surface area (Å²) in [6.45, 7) is 2.45. The normalized spacial score (nSPS) is 12.2. The number of nitrogens with zero attached hydrogens (tertiary/aromatic N) is 1. The van der Waals surface area contributed by atoms with E-state index in [1.165, 1.54) is 17.0 Å². The Kier molecular flexibility index (Phi) is 4.43. The zero-order chi connectivity index (χ0) is 12.1. The largest absolute Gasteiger partial charge is 0.319 e. The van der Waals surface area contributed by atoms with Gasteiger partial charge in [0.15, 0.2) is 0 Å². The van der Waals surface area contributed by atoms with Crippen LogP contribution in [0.15, 0.2) is 24.3 Å². The van der Waals surface area contributed by atoms with Crippen molar-refractivity contribution in [2.24, 2.45) is 5.92 Å². The van der Waals surface area contributed by atoms with Crippen LogP contribution in [0.2, 0.25) is 0 Å². The number of halogens is 1. The molecule has 0 saturated heterocycles. The van der Waals surface area contributed by atoms with Crippen LogP contribution in [0.25, 0.3) is 0 Å². The van der Waals surface area contributed by atoms with Crippen LogP contribution in [0.1, 0.15) is 6.92 Å². The predicted molar refractivity (Wildman–Crippen MR) is 62.9 cm³/mol. The number of hydrogen-bond donors (Lipinski definition) is 1. The number of carbonyl (C=O) groups is 1. The molecular weight excluding hydrogens is 207 g/mol. The molecule has 0 aromatic heterocycles. The quantitative estimate of drug-likeness (QED) is 0.843. The molecule has 3 nitrogen and oxygen atoms in total. The van der Waals surface area contributed by atoms with Crippen LogP contribution in [0.3, 0.4) is 0 Å². The van der Waals surface area contributed by atoms with E-state index in [0.29, 0.717) is 12.2 Å². The molecule has 1 atom stereocenters. The van der Waals surface area contributed by atoms with Crippen LogP contribution >= 0.6 is 0 Å². The maximum Gasteiger partial charge on any atom is 0.230 e. The van der Waals surface area contributed by atoms with Crippen molar-refractivity contribution in [2.75, 3.05) is 25.5 Å². The summed E-state index contributed by atoms with van der Waals surface area (Å²) in [6, 6.07) is 6.02. The van der Waals surface area contributed by atoms with Gasteiger partial charge in [-0.25, -0.2) is 4.39 Å². The molecule has 1 rings (SSSR count). The van der Waals surface area contributed by atoms with Gasteiger partial charge in [0.1, 0.15) is 5.82 Å². The molecule has 1 N–H and O–H groups in total. The minimum Gasteiger partial charge on any atom is -0.319 e. The lowest BCUT2D eigenvalue weighted by Gasteiger charge is -2.21. The zero-order valence-corrected chi connectivity index (χ0v) is 9.83. The fourth-order valence-corrected chi connectivity index (χ4v) is 1.54. The molecule has 4 heteroatoms. The lowest BCUT2D eigenvalue weighted by atomic mass is 10.1. The second kappa shape index (κ2) is 5.61. The number of anilines is 1. The standard InChI is InChI=1S/C12H17FN2O/c1-9(8-14-2)12(16)15(3)11-6-4-5-10(13)7-11/h4-7,9,14H,8H2,1-3H3. The fraction of sp³-hybridized carbons (Fsp3) is 0.417. The number of amides is 1. The van der Waals surface area contributed by atoms with E-state index < -0.39 is 0 Å². The van der Waals surface area contributed by atoms with E-state index in [9.17, 15) is 9.18 Å². The van der Waals surface area contributed by atoms with Gasteiger partial charge in [0.25, 0.3) is 0 Å². The highest BCUT2D eigenvalue weighted by Crippen LogP contribution is 2.15. The van der Waals surface area contributed by atoms with Gasteiger partial charge < -0.3 is 10.2 Å². The minimum atomic E-state index is -0.335. The highest BCUT2D eigenvalue weighted by molar-refractivity contribution is 5.94. The average molecular weight is 224 g/mol. The molecule has 0 radical (unpaired) electrons. The van der Waals surface area contributed by atoms with Gasteiger partial charge in [0, 0.05) is 25.2 Å². The third kappa shape index (κ3) is 3.03. The SMILES string of the molecule is CNCC(C)C(=O)N(C)c1cccc(F)c1. The van der Waals surface area contributed by atoms with Gasteiger partial charge in [-0.05, 0) is 25.2 Å². The summed E-state index contributed by atoms with van der Waals surface area (Å²) < 4.78 is 13.0. The van der Waals surface area contributed by atoms with E-state index >= 15 is 0 Å². The molecule has 16 heavy (non-hydrogen) atoms. The molecule has 88 valence electrons. The molecular formula is C12H17FN2O. The van der Waals surface area contributed by atoms with E-state index in [1.807, 2.05) is 6.92 Å². The van der Waals surface area contributed by atoms with Crippen molar-refractivity contribution >= 4 is 11.6 Å². The molecule has 0 saturated carbocycles. The van der Waals surface area contributed by atoms with Crippen molar-refractivity contribution < 1.29 is 9.18 Å². The maximum absolute atomic E-state index is 13.0. The van der Waals surface area contributed by atoms with Gasteiger partial charge in [-0.1, -0.05) is 13.0 Å². The first-order valence-electron chi connectivity index (χ1n) is 5.24. The monoisotopic (exact) mass is 224 g/mol. The first kappa shape index (κ1) is 12.6. The van der Waals surface area contributed by atoms with Crippen molar-refractivity contribution in [2.45, 2.75) is 6.92 Å². The van der Waals surface area contributed by atoms with E-state index in [4.69, 9.17) is 0 Å². The number of nitrogens with one attached hydrogen (secondary N) is 1. The lowest BCUT2D eigenvalue weighted by Crippen LogP contribution is -2.35. The Labute approximate surface area is 95.3 Å². The Morgan fingerprint density at radius 1 is 1.56 bits per heavy atom. The molecule has 0 aliphatic carbocycles. The molecule has 1 amide bonds. The first-order valence-corrected chi connectivity index (χ1v) is 5.24. The summed E-state index contributed by atoms with van der Waals surface area (Å²) >= 11 is 0. The van der Waals surface area contributed by atoms with Crippen molar-refractivity contribution in [1.29, 1.82) is 0 Å². The highest BCUT2D eigenvalue weighted by atomic mass is 19.1. The molecule has 0 bridgehead atoms. The molecule has 1 aromatic carbocycles. The van der Waals surface area contributed by atoms with Gasteiger partial charge in [-0.15, -0.1) is 0 Å². The lowest BCUT2D eigenvalue weighted by molar-refractivity contribution is -0.121. The third-order valence-electron chi connectivity index (χ3n) is 2.46. The predicted octanol–water partition coefficient (Wildman–Crippen LogP) is 1.64. The fourth-order valence-electron chi connectivity index (χ4n) is 1.54. The number of rotatable bonds is 4. The Bertz CT molecular complexity index is 368. The van der Waals surface area contributed by atoms with Gasteiger partial charge in [0.05, 0.1) is 0 Å². The van der Waals surface area contributed by atoms with E-state index in [1.54, 1.807) is 26.2 Å². The molecule has 1 unspecified atom stereocenters. The number of carbonyl (C=O) groups excluding carboxylic acids is 1. The summed E-state index contributed by atoms with van der Waals surface area (Å²) in [4.78, 5) is 13.4. The van der Waals surface area contributed by atoms with Gasteiger partial charge >= 0.3 is 0 Å². The molecule has 0 fully saturated rings. The van der Waals surface area contributed by atoms with Crippen LogP contribution in [0.5, 0.6) is 0 Å². The highest BCUT2D eigenvalue weighted by Gasteiger charge is 2.17. The summed E-state index contributed by atoms with van der Waals surface area (Å²) in [5, 5.41) is 2.94. The van der Waals surface area contributed by atoms with Gasteiger partial charge in [-0.3, -0.25) is 4.79 Å². The van der Waals surface area contributed by atoms with Gasteiger partial charge in [0.2, 0.25) is 5.91 Å². The zero-order valence-electron chi connectivity index (χ0n) is 9.83. The van der Waals surface area contributed by atoms with E-state index in [2.05, 4.69) is 5.32 Å². The Morgan fingerprint density at radius 2 is 2.25 bits per heavy atom. The topological polar surface area (TPSA) is 32.3 Å². The Hall–Kier alpha value is -1.42. The maximum atomic E-state index is 13.0. The molecule has 1 aromatic rings. The van der Waals surface area contributed by atoms with E-state index in [0.717, 1.165) is 0 Å². The second-order valence-corrected chi connectivity index (χ2v) is 3.84. The van der Waals surface area contributed by atoms with Crippen molar-refractivity contribution in [3.8, 4) is 0 Å². The van der Waals surface area contributed by atoms with Crippen molar-refractivity contribution in [1.82, 2.24) is 5.32 Å². The van der Waals surface area contributed by atoms with E-state index in [-0.39, 0.29) is 17.6 Å². The summed E-state index contributed by atoms with van der Waals surface area (Å²) in [6.07, 6.45) is 0.